The zero-order valence-electron chi connectivity index (χ0n) is 14.5. The number of nitrogens with one attached hydrogen (secondary N) is 1. The summed E-state index contributed by atoms with van der Waals surface area (Å²) >= 11 is 0. The van der Waals surface area contributed by atoms with Crippen molar-refractivity contribution in [1.29, 1.82) is 0 Å². The van der Waals surface area contributed by atoms with E-state index in [9.17, 15) is 9.18 Å². The number of amides is 1. The molecular weight excluding hydrogens is 335 g/mol. The fourth-order valence-corrected chi connectivity index (χ4v) is 2.82. The van der Waals surface area contributed by atoms with Crippen molar-refractivity contribution in [2.24, 2.45) is 0 Å². The van der Waals surface area contributed by atoms with Gasteiger partial charge in [-0.15, -0.1) is 0 Å². The Morgan fingerprint density at radius 3 is 2.81 bits per heavy atom. The van der Waals surface area contributed by atoms with Crippen molar-refractivity contribution in [1.82, 2.24) is 15.3 Å². The summed E-state index contributed by atoms with van der Waals surface area (Å²) in [6.07, 6.45) is 3.67. The van der Waals surface area contributed by atoms with Crippen LogP contribution in [-0.2, 0) is 0 Å². The highest BCUT2D eigenvalue weighted by Gasteiger charge is 2.19. The lowest BCUT2D eigenvalue weighted by Crippen LogP contribution is -2.26. The molecule has 0 atom stereocenters. The smallest absolute Gasteiger partial charge is 0.272 e. The van der Waals surface area contributed by atoms with Crippen LogP contribution in [0.5, 0.6) is 5.75 Å². The van der Waals surface area contributed by atoms with E-state index < -0.39 is 5.95 Å². The molecule has 6 nitrogen and oxygen atoms in total. The minimum atomic E-state index is -0.653. The van der Waals surface area contributed by atoms with E-state index in [1.165, 1.54) is 19.5 Å². The van der Waals surface area contributed by atoms with E-state index in [0.29, 0.717) is 28.6 Å². The third kappa shape index (κ3) is 3.03. The molecule has 2 heterocycles. The predicted octanol–water partition coefficient (Wildman–Crippen LogP) is 3.17. The van der Waals surface area contributed by atoms with Crippen LogP contribution in [0.4, 0.5) is 10.1 Å². The zero-order chi connectivity index (χ0) is 18.7. The molecule has 0 fully saturated rings. The number of methoxy groups -OCH3 is 1. The van der Waals surface area contributed by atoms with Crippen LogP contribution in [0.25, 0.3) is 21.9 Å². The molecule has 0 aliphatic carbocycles. The summed E-state index contributed by atoms with van der Waals surface area (Å²) in [5, 5.41) is 3.98. The molecule has 0 aliphatic heterocycles. The molecule has 134 valence electrons. The first-order valence-corrected chi connectivity index (χ1v) is 8.22. The number of anilines is 1. The number of benzene rings is 1. The van der Waals surface area contributed by atoms with Gasteiger partial charge in [0.05, 0.1) is 18.4 Å². The van der Waals surface area contributed by atoms with Crippen LogP contribution in [0.2, 0.25) is 0 Å². The Morgan fingerprint density at radius 1 is 1.27 bits per heavy atom. The number of nitrogen functional groups attached to an aromatic ring is 1. The summed E-state index contributed by atoms with van der Waals surface area (Å²) in [6, 6.07) is 6.84. The van der Waals surface area contributed by atoms with Crippen molar-refractivity contribution in [3.8, 4) is 16.9 Å². The first kappa shape index (κ1) is 17.6. The fourth-order valence-electron chi connectivity index (χ4n) is 2.82. The third-order valence-electron chi connectivity index (χ3n) is 4.08. The quantitative estimate of drug-likeness (QED) is 0.687. The largest absolute Gasteiger partial charge is 0.496 e. The number of rotatable bonds is 5. The first-order valence-electron chi connectivity index (χ1n) is 8.22. The molecule has 3 rings (SSSR count). The molecule has 7 heteroatoms. The molecule has 1 amide bonds. The Kier molecular flexibility index (Phi) is 4.97. The standard InChI is InChI=1S/C19H19FN4O2/c1-3-8-23-19(25)17-16(21)12-6-4-5-11(13(12)10-24-17)15-14(26-2)7-9-22-18(15)20/h4-7,9-10H,3,8,21H2,1-2H3,(H,23,25). The minimum Gasteiger partial charge on any atom is -0.496 e. The number of halogens is 1. The molecule has 0 saturated carbocycles. The molecule has 3 aromatic rings. The fraction of sp³-hybridized carbons (Fsp3) is 0.211. The molecule has 3 N–H and O–H groups in total. The van der Waals surface area contributed by atoms with Gasteiger partial charge in [-0.2, -0.15) is 4.39 Å². The molecule has 0 spiro atoms. The van der Waals surface area contributed by atoms with Gasteiger partial charge in [0.1, 0.15) is 5.75 Å². The monoisotopic (exact) mass is 354 g/mol. The number of ether oxygens (including phenoxy) is 1. The molecule has 0 radical (unpaired) electrons. The van der Waals surface area contributed by atoms with Crippen LogP contribution < -0.4 is 15.8 Å². The normalized spacial score (nSPS) is 10.7. The van der Waals surface area contributed by atoms with Crippen molar-refractivity contribution in [3.05, 3.63) is 48.3 Å². The Labute approximate surface area is 150 Å². The van der Waals surface area contributed by atoms with Crippen LogP contribution in [0.1, 0.15) is 23.8 Å². The van der Waals surface area contributed by atoms with E-state index in [2.05, 4.69) is 15.3 Å². The maximum atomic E-state index is 14.4. The summed E-state index contributed by atoms with van der Waals surface area (Å²) in [5.74, 6) is -0.629. The van der Waals surface area contributed by atoms with Gasteiger partial charge in [-0.1, -0.05) is 25.1 Å². The summed E-state index contributed by atoms with van der Waals surface area (Å²) in [4.78, 5) is 20.2. The summed E-state index contributed by atoms with van der Waals surface area (Å²) in [6.45, 7) is 2.50. The Balaban J connectivity index is 2.19. The lowest BCUT2D eigenvalue weighted by Gasteiger charge is -2.14. The van der Waals surface area contributed by atoms with E-state index in [1.54, 1.807) is 24.3 Å². The molecule has 0 saturated heterocycles. The van der Waals surface area contributed by atoms with E-state index in [-0.39, 0.29) is 22.9 Å². The number of pyridine rings is 2. The lowest BCUT2D eigenvalue weighted by molar-refractivity contribution is 0.0950. The topological polar surface area (TPSA) is 90.1 Å². The van der Waals surface area contributed by atoms with Gasteiger partial charge < -0.3 is 15.8 Å². The number of hydrogen-bond donors (Lipinski definition) is 2. The first-order chi connectivity index (χ1) is 12.6. The lowest BCUT2D eigenvalue weighted by atomic mass is 9.98. The molecule has 2 aromatic heterocycles. The number of nitrogens with two attached hydrogens (primary N) is 1. The maximum Gasteiger partial charge on any atom is 0.272 e. The highest BCUT2D eigenvalue weighted by molar-refractivity contribution is 6.09. The van der Waals surface area contributed by atoms with Gasteiger partial charge in [-0.25, -0.2) is 9.97 Å². The van der Waals surface area contributed by atoms with Crippen molar-refractivity contribution in [2.45, 2.75) is 13.3 Å². The molecule has 1 aromatic carbocycles. The summed E-state index contributed by atoms with van der Waals surface area (Å²) in [7, 11) is 1.46. The average molecular weight is 354 g/mol. The second-order valence-electron chi connectivity index (χ2n) is 5.72. The maximum absolute atomic E-state index is 14.4. The number of aromatic nitrogens is 2. The molecule has 0 aliphatic rings. The van der Waals surface area contributed by atoms with Crippen LogP contribution in [0.3, 0.4) is 0 Å². The SMILES string of the molecule is CCCNC(=O)c1ncc2c(-c3c(OC)ccnc3F)cccc2c1N. The van der Waals surface area contributed by atoms with Gasteiger partial charge in [0.2, 0.25) is 5.95 Å². The van der Waals surface area contributed by atoms with Crippen LogP contribution in [-0.4, -0.2) is 29.5 Å². The number of carbonyl (C=O) groups is 1. The number of hydrogen-bond acceptors (Lipinski definition) is 5. The van der Waals surface area contributed by atoms with Gasteiger partial charge in [0, 0.05) is 29.7 Å². The van der Waals surface area contributed by atoms with Gasteiger partial charge in [0.15, 0.2) is 5.69 Å². The average Bonchev–Trinajstić information content (AvgIpc) is 2.66. The molecular formula is C19H19FN4O2. The second kappa shape index (κ2) is 7.35. The third-order valence-corrected chi connectivity index (χ3v) is 4.08. The molecule has 0 bridgehead atoms. The van der Waals surface area contributed by atoms with E-state index in [4.69, 9.17) is 10.5 Å². The molecule has 0 unspecified atom stereocenters. The Morgan fingerprint density at radius 2 is 2.08 bits per heavy atom. The van der Waals surface area contributed by atoms with Gasteiger partial charge in [0.25, 0.3) is 5.91 Å². The Hall–Kier alpha value is -3.22. The van der Waals surface area contributed by atoms with Crippen LogP contribution in [0.15, 0.2) is 36.7 Å². The van der Waals surface area contributed by atoms with Gasteiger partial charge in [-0.05, 0) is 18.1 Å². The zero-order valence-corrected chi connectivity index (χ0v) is 14.5. The predicted molar refractivity (Wildman–Crippen MR) is 98.5 cm³/mol. The number of carbonyl (C=O) groups excluding carboxylic acids is 1. The van der Waals surface area contributed by atoms with Crippen molar-refractivity contribution < 1.29 is 13.9 Å². The van der Waals surface area contributed by atoms with E-state index >= 15 is 0 Å². The van der Waals surface area contributed by atoms with Crippen LogP contribution in [0, 0.1) is 5.95 Å². The second-order valence-corrected chi connectivity index (χ2v) is 5.72. The minimum absolute atomic E-state index is 0.154. The number of nitrogens with zero attached hydrogens (tertiary/aromatic N) is 2. The molecule has 26 heavy (non-hydrogen) atoms. The number of fused-ring (bicyclic) bond motifs is 1. The van der Waals surface area contributed by atoms with Gasteiger partial charge >= 0.3 is 0 Å². The van der Waals surface area contributed by atoms with Crippen molar-refractivity contribution >= 4 is 22.4 Å². The Bertz CT molecular complexity index is 975. The van der Waals surface area contributed by atoms with Crippen molar-refractivity contribution in [3.63, 3.8) is 0 Å². The summed E-state index contributed by atoms with van der Waals surface area (Å²) in [5.41, 5.74) is 7.36. The highest BCUT2D eigenvalue weighted by Crippen LogP contribution is 2.37. The van der Waals surface area contributed by atoms with Crippen molar-refractivity contribution in [2.75, 3.05) is 19.4 Å². The highest BCUT2D eigenvalue weighted by atomic mass is 19.1. The van der Waals surface area contributed by atoms with E-state index in [0.717, 1.165) is 6.42 Å². The van der Waals surface area contributed by atoms with Gasteiger partial charge in [-0.3, -0.25) is 4.79 Å². The van der Waals surface area contributed by atoms with E-state index in [1.807, 2.05) is 6.92 Å². The summed E-state index contributed by atoms with van der Waals surface area (Å²) < 4.78 is 19.7. The van der Waals surface area contributed by atoms with Crippen LogP contribution >= 0.6 is 0 Å².